The first-order valence-electron chi connectivity index (χ1n) is 8.97. The van der Waals surface area contributed by atoms with Crippen LogP contribution in [-0.4, -0.2) is 65.5 Å². The maximum atomic E-state index is 12.2. The summed E-state index contributed by atoms with van der Waals surface area (Å²) in [6, 6.07) is 7.31. The minimum Gasteiger partial charge on any atom is -0.497 e. The number of aryl methyl sites for hydroxylation is 1. The van der Waals surface area contributed by atoms with E-state index in [9.17, 15) is 9.59 Å². The van der Waals surface area contributed by atoms with Crippen molar-refractivity contribution in [3.8, 4) is 17.1 Å². The molecule has 1 aromatic heterocycles. The third-order valence-corrected chi connectivity index (χ3v) is 4.28. The molecule has 0 bridgehead atoms. The van der Waals surface area contributed by atoms with Crippen molar-refractivity contribution in [2.75, 3.05) is 33.8 Å². The molecule has 0 aliphatic rings. The van der Waals surface area contributed by atoms with Crippen molar-refractivity contribution in [2.24, 2.45) is 0 Å². The van der Waals surface area contributed by atoms with Crippen LogP contribution >= 0.6 is 0 Å². The summed E-state index contributed by atoms with van der Waals surface area (Å²) in [6.45, 7) is 5.17. The Morgan fingerprint density at radius 3 is 2.37 bits per heavy atom. The van der Waals surface area contributed by atoms with Crippen LogP contribution in [0.2, 0.25) is 0 Å². The molecule has 2 rings (SSSR count). The van der Waals surface area contributed by atoms with Gasteiger partial charge in [0.25, 0.3) is 0 Å². The predicted molar refractivity (Wildman–Crippen MR) is 100 cm³/mol. The fourth-order valence-corrected chi connectivity index (χ4v) is 2.59. The summed E-state index contributed by atoms with van der Waals surface area (Å²) in [5, 5.41) is 3.95. The van der Waals surface area contributed by atoms with E-state index < -0.39 is 0 Å². The first-order chi connectivity index (χ1) is 13.0. The molecule has 8 heteroatoms. The van der Waals surface area contributed by atoms with Crippen LogP contribution in [0.25, 0.3) is 11.4 Å². The van der Waals surface area contributed by atoms with Gasteiger partial charge in [-0.05, 0) is 38.1 Å². The smallest absolute Gasteiger partial charge is 0.242 e. The van der Waals surface area contributed by atoms with E-state index in [1.165, 1.54) is 4.90 Å². The molecule has 1 aromatic carbocycles. The topological polar surface area (TPSA) is 88.8 Å². The third-order valence-electron chi connectivity index (χ3n) is 4.28. The summed E-state index contributed by atoms with van der Waals surface area (Å²) in [5.41, 5.74) is 0.805. The largest absolute Gasteiger partial charge is 0.497 e. The van der Waals surface area contributed by atoms with Crippen LogP contribution in [0, 0.1) is 0 Å². The third kappa shape index (κ3) is 5.54. The fourth-order valence-electron chi connectivity index (χ4n) is 2.59. The number of carbonyl (C=O) groups excluding carboxylic acids is 2. The van der Waals surface area contributed by atoms with Gasteiger partial charge in [0.1, 0.15) is 5.75 Å². The average molecular weight is 374 g/mol. The van der Waals surface area contributed by atoms with Gasteiger partial charge in [-0.15, -0.1) is 0 Å². The Morgan fingerprint density at radius 2 is 1.78 bits per heavy atom. The average Bonchev–Trinajstić information content (AvgIpc) is 3.16. The molecule has 146 valence electrons. The van der Waals surface area contributed by atoms with Gasteiger partial charge in [-0.25, -0.2) is 0 Å². The number of methoxy groups -OCH3 is 1. The van der Waals surface area contributed by atoms with E-state index in [2.05, 4.69) is 10.1 Å². The molecule has 0 saturated heterocycles. The Kier molecular flexibility index (Phi) is 7.34. The maximum Gasteiger partial charge on any atom is 0.242 e. The van der Waals surface area contributed by atoms with Crippen molar-refractivity contribution in [1.29, 1.82) is 0 Å². The summed E-state index contributed by atoms with van der Waals surface area (Å²) in [5.74, 6) is 1.40. The molecule has 2 amide bonds. The van der Waals surface area contributed by atoms with Crippen LogP contribution in [-0.2, 0) is 16.0 Å². The quantitative estimate of drug-likeness (QED) is 0.667. The van der Waals surface area contributed by atoms with Crippen molar-refractivity contribution in [1.82, 2.24) is 19.9 Å². The van der Waals surface area contributed by atoms with Crippen molar-refractivity contribution in [3.05, 3.63) is 30.2 Å². The highest BCUT2D eigenvalue weighted by Crippen LogP contribution is 2.20. The van der Waals surface area contributed by atoms with E-state index in [0.717, 1.165) is 11.3 Å². The molecule has 0 saturated carbocycles. The van der Waals surface area contributed by atoms with E-state index in [-0.39, 0.29) is 24.8 Å². The second-order valence-electron chi connectivity index (χ2n) is 6.06. The molecular weight excluding hydrogens is 348 g/mol. The summed E-state index contributed by atoms with van der Waals surface area (Å²) < 4.78 is 10.3. The van der Waals surface area contributed by atoms with Crippen molar-refractivity contribution in [3.63, 3.8) is 0 Å². The van der Waals surface area contributed by atoms with Gasteiger partial charge in [-0.1, -0.05) is 5.16 Å². The molecule has 27 heavy (non-hydrogen) atoms. The first-order valence-corrected chi connectivity index (χ1v) is 8.97. The summed E-state index contributed by atoms with van der Waals surface area (Å²) in [4.78, 5) is 31.8. The minimum absolute atomic E-state index is 0.0598. The van der Waals surface area contributed by atoms with Gasteiger partial charge in [-0.2, -0.15) is 4.98 Å². The zero-order chi connectivity index (χ0) is 19.8. The Hall–Kier alpha value is -2.90. The van der Waals surface area contributed by atoms with E-state index in [4.69, 9.17) is 9.26 Å². The van der Waals surface area contributed by atoms with Crippen molar-refractivity contribution < 1.29 is 18.8 Å². The number of nitrogens with zero attached hydrogens (tertiary/aromatic N) is 4. The molecule has 0 fully saturated rings. The summed E-state index contributed by atoms with van der Waals surface area (Å²) in [7, 11) is 3.23. The van der Waals surface area contributed by atoms with Gasteiger partial charge in [0, 0.05) is 38.5 Å². The normalized spacial score (nSPS) is 10.5. The lowest BCUT2D eigenvalue weighted by Gasteiger charge is -2.23. The van der Waals surface area contributed by atoms with Gasteiger partial charge >= 0.3 is 0 Å². The molecule has 1 heterocycles. The van der Waals surface area contributed by atoms with Gasteiger partial charge in [-0.3, -0.25) is 9.59 Å². The molecule has 0 spiro atoms. The number of ether oxygens (including phenoxy) is 1. The molecule has 0 N–H and O–H groups in total. The van der Waals surface area contributed by atoms with Crippen LogP contribution < -0.4 is 4.74 Å². The standard InChI is InChI=1S/C19H26N4O4/c1-5-23(6-2)18(25)13-22(3)17(24)12-11-16-20-19(21-27-16)14-7-9-15(26-4)10-8-14/h7-10H,5-6,11-13H2,1-4H3. The molecular formula is C19H26N4O4. The lowest BCUT2D eigenvalue weighted by molar-refractivity contribution is -0.139. The maximum absolute atomic E-state index is 12.2. The number of rotatable bonds is 9. The lowest BCUT2D eigenvalue weighted by Crippen LogP contribution is -2.41. The van der Waals surface area contributed by atoms with Gasteiger partial charge in [0.05, 0.1) is 13.7 Å². The van der Waals surface area contributed by atoms with Gasteiger partial charge in [0.2, 0.25) is 23.5 Å². The highest BCUT2D eigenvalue weighted by Gasteiger charge is 2.17. The molecule has 2 aromatic rings. The second-order valence-corrected chi connectivity index (χ2v) is 6.06. The number of aromatic nitrogens is 2. The number of carbonyl (C=O) groups is 2. The van der Waals surface area contributed by atoms with E-state index in [1.54, 1.807) is 19.1 Å². The predicted octanol–water partition coefficient (Wildman–Crippen LogP) is 2.00. The fraction of sp³-hybridized carbons (Fsp3) is 0.474. The Labute approximate surface area is 159 Å². The highest BCUT2D eigenvalue weighted by molar-refractivity contribution is 5.84. The number of hydrogen-bond acceptors (Lipinski definition) is 6. The summed E-state index contributed by atoms with van der Waals surface area (Å²) >= 11 is 0. The lowest BCUT2D eigenvalue weighted by atomic mass is 10.2. The Balaban J connectivity index is 1.88. The molecule has 0 atom stereocenters. The number of benzene rings is 1. The number of hydrogen-bond donors (Lipinski definition) is 0. The van der Waals surface area contributed by atoms with Crippen molar-refractivity contribution in [2.45, 2.75) is 26.7 Å². The van der Waals surface area contributed by atoms with Gasteiger partial charge in [0.15, 0.2) is 0 Å². The highest BCUT2D eigenvalue weighted by atomic mass is 16.5. The second kappa shape index (κ2) is 9.70. The Morgan fingerprint density at radius 1 is 1.11 bits per heavy atom. The zero-order valence-electron chi connectivity index (χ0n) is 16.3. The van der Waals surface area contributed by atoms with Gasteiger partial charge < -0.3 is 19.1 Å². The van der Waals surface area contributed by atoms with Crippen LogP contribution in [0.3, 0.4) is 0 Å². The van der Waals surface area contributed by atoms with Crippen LogP contribution in [0.4, 0.5) is 0 Å². The molecule has 8 nitrogen and oxygen atoms in total. The monoisotopic (exact) mass is 374 g/mol. The Bertz CT molecular complexity index is 753. The van der Waals surface area contributed by atoms with E-state index in [1.807, 2.05) is 38.1 Å². The zero-order valence-corrected chi connectivity index (χ0v) is 16.3. The van der Waals surface area contributed by atoms with Crippen LogP contribution in [0.5, 0.6) is 5.75 Å². The molecule has 0 aliphatic carbocycles. The van der Waals surface area contributed by atoms with Crippen molar-refractivity contribution >= 4 is 11.8 Å². The minimum atomic E-state index is -0.139. The SMILES string of the molecule is CCN(CC)C(=O)CN(C)C(=O)CCc1nc(-c2ccc(OC)cc2)no1. The number of likely N-dealkylation sites (N-methyl/N-ethyl adjacent to an activating group) is 2. The number of amides is 2. The molecule has 0 aliphatic heterocycles. The molecule has 0 radical (unpaired) electrons. The van der Waals surface area contributed by atoms with Crippen LogP contribution in [0.15, 0.2) is 28.8 Å². The first kappa shape index (κ1) is 20.4. The van der Waals surface area contributed by atoms with E-state index in [0.29, 0.717) is 31.2 Å². The molecule has 0 unspecified atom stereocenters. The van der Waals surface area contributed by atoms with Crippen LogP contribution in [0.1, 0.15) is 26.2 Å². The van der Waals surface area contributed by atoms with E-state index >= 15 is 0 Å². The summed E-state index contributed by atoms with van der Waals surface area (Å²) in [6.07, 6.45) is 0.526.